The highest BCUT2D eigenvalue weighted by atomic mass is 19.4. The van der Waals surface area contributed by atoms with Crippen molar-refractivity contribution in [2.75, 3.05) is 22.9 Å². The van der Waals surface area contributed by atoms with Crippen molar-refractivity contribution in [1.29, 1.82) is 0 Å². The maximum Gasteiger partial charge on any atom is 0.430 e. The summed E-state index contributed by atoms with van der Waals surface area (Å²) in [6, 6.07) is 20.0. The topological polar surface area (TPSA) is 124 Å². The summed E-state index contributed by atoms with van der Waals surface area (Å²) < 4.78 is 156. The van der Waals surface area contributed by atoms with E-state index in [1.54, 1.807) is 18.2 Å². The fourth-order valence-corrected chi connectivity index (χ4v) is 6.89. The number of hydrogen-bond donors (Lipinski definition) is 3. The van der Waals surface area contributed by atoms with Crippen molar-refractivity contribution in [3.8, 4) is 0 Å². The number of amides is 1. The summed E-state index contributed by atoms with van der Waals surface area (Å²) in [7, 11) is 0. The predicted octanol–water partition coefficient (Wildman–Crippen LogP) is 8.42. The number of alkyl halides is 12. The minimum atomic E-state index is -5.92. The minimum Gasteiger partial charge on any atom is -0.369 e. The molecule has 0 bridgehead atoms. The standard InChI is InChI=1S/C20H18F6N2O2.C19H17F6NO.CO2/c21-19(22,23)18(30,20(24,25)26)15-6-3-12(4-7-15)11-28-9-1-2-13-10-14(17(27)29)5-8-16(13)28;20-18(21,22)17(27,19(23,24)25)15-9-7-13(8-10-15)12-26-11-3-5-14-4-1-2-6-16(14)26;2-1-3/h3-8,10,30H,1-2,9,11H2,(H2,27,29);1-2,4,6-10,27H,3,5,11-12H2;. The van der Waals surface area contributed by atoms with Crippen LogP contribution in [0.5, 0.6) is 0 Å². The van der Waals surface area contributed by atoms with Crippen LogP contribution in [0, 0.1) is 0 Å². The molecule has 6 rings (SSSR count). The van der Waals surface area contributed by atoms with Gasteiger partial charge in [-0.05, 0) is 72.2 Å². The van der Waals surface area contributed by atoms with Gasteiger partial charge in [-0.25, -0.2) is 0 Å². The molecular weight excluding hydrogens is 830 g/mol. The first kappa shape index (κ1) is 47.1. The third kappa shape index (κ3) is 9.88. The Labute approximate surface area is 333 Å². The lowest BCUT2D eigenvalue weighted by Gasteiger charge is -2.33. The summed E-state index contributed by atoms with van der Waals surface area (Å²) in [5, 5.41) is 18.9. The summed E-state index contributed by atoms with van der Waals surface area (Å²) in [4.78, 5) is 31.5. The molecule has 0 unspecified atom stereocenters. The number of carbonyl (C=O) groups is 1. The van der Waals surface area contributed by atoms with E-state index in [1.165, 1.54) is 12.1 Å². The number of halogens is 12. The second-order valence-corrected chi connectivity index (χ2v) is 13.8. The number of hydrogen-bond acceptors (Lipinski definition) is 7. The van der Waals surface area contributed by atoms with Gasteiger partial charge < -0.3 is 25.7 Å². The molecular formula is C40H35F12N3O5. The number of benzene rings is 4. The van der Waals surface area contributed by atoms with E-state index >= 15 is 0 Å². The van der Waals surface area contributed by atoms with Crippen LogP contribution < -0.4 is 15.5 Å². The Morgan fingerprint density at radius 2 is 0.933 bits per heavy atom. The second kappa shape index (κ2) is 17.9. The van der Waals surface area contributed by atoms with Crippen molar-refractivity contribution < 1.29 is 77.3 Å². The van der Waals surface area contributed by atoms with Crippen molar-refractivity contribution in [1.82, 2.24) is 0 Å². The number of primary amides is 1. The first-order chi connectivity index (χ1) is 27.8. The fourth-order valence-electron chi connectivity index (χ4n) is 6.89. The number of fused-ring (bicyclic) bond motifs is 2. The van der Waals surface area contributed by atoms with Crippen LogP contribution in [0.25, 0.3) is 0 Å². The molecule has 20 heteroatoms. The van der Waals surface area contributed by atoms with Crippen molar-refractivity contribution in [2.24, 2.45) is 5.73 Å². The second-order valence-electron chi connectivity index (χ2n) is 13.8. The van der Waals surface area contributed by atoms with Crippen LogP contribution >= 0.6 is 0 Å². The maximum absolute atomic E-state index is 13.0. The van der Waals surface area contributed by atoms with Crippen LogP contribution in [0.1, 0.15) is 56.6 Å². The van der Waals surface area contributed by atoms with E-state index in [0.717, 1.165) is 66.9 Å². The average Bonchev–Trinajstić information content (AvgIpc) is 3.17. The van der Waals surface area contributed by atoms with E-state index in [4.69, 9.17) is 15.3 Å². The first-order valence-corrected chi connectivity index (χ1v) is 17.7. The summed E-state index contributed by atoms with van der Waals surface area (Å²) in [5.41, 5.74) is -1.84. The summed E-state index contributed by atoms with van der Waals surface area (Å²) in [5.74, 6) is -0.563. The number of aliphatic hydroxyl groups is 2. The van der Waals surface area contributed by atoms with Gasteiger partial charge in [-0.1, -0.05) is 66.7 Å². The normalized spacial score (nSPS) is 14.7. The van der Waals surface area contributed by atoms with Gasteiger partial charge in [-0.3, -0.25) is 4.79 Å². The fraction of sp³-hybridized carbons (Fsp3) is 0.350. The molecule has 2 aliphatic heterocycles. The first-order valence-electron chi connectivity index (χ1n) is 17.7. The number of rotatable bonds is 7. The van der Waals surface area contributed by atoms with E-state index in [2.05, 4.69) is 0 Å². The van der Waals surface area contributed by atoms with Gasteiger partial charge in [0.15, 0.2) is 0 Å². The lowest BCUT2D eigenvalue weighted by atomic mass is 9.91. The summed E-state index contributed by atoms with van der Waals surface area (Å²) in [6.45, 7) is 1.96. The molecule has 4 N–H and O–H groups in total. The predicted molar refractivity (Wildman–Crippen MR) is 190 cm³/mol. The molecule has 60 heavy (non-hydrogen) atoms. The van der Waals surface area contributed by atoms with Crippen LogP contribution in [0.4, 0.5) is 64.1 Å². The molecule has 324 valence electrons. The molecule has 1 amide bonds. The Hall–Kier alpha value is -5.59. The molecule has 8 nitrogen and oxygen atoms in total. The van der Waals surface area contributed by atoms with Gasteiger partial charge in [0.05, 0.1) is 0 Å². The van der Waals surface area contributed by atoms with Crippen LogP contribution in [0.3, 0.4) is 0 Å². The van der Waals surface area contributed by atoms with E-state index < -0.39 is 52.9 Å². The van der Waals surface area contributed by atoms with Gasteiger partial charge >= 0.3 is 30.9 Å². The lowest BCUT2D eigenvalue weighted by molar-refractivity contribution is -0.376. The van der Waals surface area contributed by atoms with Gasteiger partial charge in [-0.2, -0.15) is 62.3 Å². The van der Waals surface area contributed by atoms with E-state index in [-0.39, 0.29) is 12.7 Å². The zero-order valence-electron chi connectivity index (χ0n) is 30.9. The molecule has 2 heterocycles. The lowest BCUT2D eigenvalue weighted by Crippen LogP contribution is -2.53. The Morgan fingerprint density at radius 1 is 0.567 bits per heavy atom. The largest absolute Gasteiger partial charge is 0.430 e. The van der Waals surface area contributed by atoms with Crippen molar-refractivity contribution in [3.63, 3.8) is 0 Å². The van der Waals surface area contributed by atoms with Crippen LogP contribution in [-0.2, 0) is 46.7 Å². The zero-order valence-corrected chi connectivity index (χ0v) is 30.9. The highest BCUT2D eigenvalue weighted by molar-refractivity contribution is 5.93. The Balaban J connectivity index is 0.000000250. The highest BCUT2D eigenvalue weighted by Gasteiger charge is 2.72. The number of anilines is 2. The summed E-state index contributed by atoms with van der Waals surface area (Å²) in [6.07, 6.45) is -20.0. The Kier molecular flexibility index (Phi) is 14.1. The molecule has 0 saturated carbocycles. The van der Waals surface area contributed by atoms with Gasteiger partial charge in [0.1, 0.15) is 0 Å². The van der Waals surface area contributed by atoms with Crippen molar-refractivity contribution in [2.45, 2.75) is 74.7 Å². The molecule has 0 atom stereocenters. The number of aryl methyl sites for hydroxylation is 2. The molecule has 0 aromatic heterocycles. The minimum absolute atomic E-state index is 0.236. The SMILES string of the molecule is NC(=O)c1ccc2c(c1)CCCN2Cc1ccc(C(O)(C(F)(F)F)C(F)(F)F)cc1.O=C=O.OC(c1ccc(CN2CCCc3ccccc32)cc1)(C(F)(F)F)C(F)(F)F. The van der Waals surface area contributed by atoms with Crippen LogP contribution in [0.2, 0.25) is 0 Å². The highest BCUT2D eigenvalue weighted by Crippen LogP contribution is 2.51. The van der Waals surface area contributed by atoms with Crippen molar-refractivity contribution in [3.05, 3.63) is 130 Å². The molecule has 0 saturated heterocycles. The molecule has 4 aromatic carbocycles. The molecule has 4 aromatic rings. The monoisotopic (exact) mass is 865 g/mol. The van der Waals surface area contributed by atoms with Gasteiger partial charge in [-0.15, -0.1) is 0 Å². The number of para-hydroxylation sites is 1. The molecule has 0 fully saturated rings. The number of nitrogens with two attached hydrogens (primary N) is 1. The van der Waals surface area contributed by atoms with Gasteiger partial charge in [0.2, 0.25) is 5.91 Å². The van der Waals surface area contributed by atoms with Crippen molar-refractivity contribution >= 4 is 23.4 Å². The molecule has 0 aliphatic carbocycles. The quantitative estimate of drug-likeness (QED) is 0.160. The molecule has 2 aliphatic rings. The van der Waals surface area contributed by atoms with Gasteiger partial charge in [0, 0.05) is 54.2 Å². The smallest absolute Gasteiger partial charge is 0.369 e. The number of carbonyl (C=O) groups excluding carboxylic acids is 3. The average molecular weight is 866 g/mol. The summed E-state index contributed by atoms with van der Waals surface area (Å²) >= 11 is 0. The third-order valence-electron chi connectivity index (χ3n) is 9.92. The Morgan fingerprint density at radius 3 is 1.32 bits per heavy atom. The number of nitrogens with zero attached hydrogens (tertiary/aromatic N) is 2. The zero-order chi connectivity index (χ0) is 44.9. The van der Waals surface area contributed by atoms with Crippen LogP contribution in [0.15, 0.2) is 91.0 Å². The third-order valence-corrected chi connectivity index (χ3v) is 9.92. The maximum atomic E-state index is 13.0. The van der Waals surface area contributed by atoms with E-state index in [1.807, 2.05) is 34.1 Å². The Bertz CT molecular complexity index is 2100. The van der Waals surface area contributed by atoms with E-state index in [0.29, 0.717) is 54.0 Å². The molecule has 0 spiro atoms. The van der Waals surface area contributed by atoms with E-state index in [9.17, 15) is 67.7 Å². The van der Waals surface area contributed by atoms with Crippen LogP contribution in [-0.4, -0.2) is 60.1 Å². The van der Waals surface area contributed by atoms with Gasteiger partial charge in [0.25, 0.3) is 11.2 Å². The molecule has 0 radical (unpaired) electrons.